The lowest BCUT2D eigenvalue weighted by Crippen LogP contribution is -2.39. The molecule has 0 spiro atoms. The molecule has 3 heterocycles. The van der Waals surface area contributed by atoms with Crippen LogP contribution >= 0.6 is 0 Å². The van der Waals surface area contributed by atoms with E-state index >= 15 is 0 Å². The van der Waals surface area contributed by atoms with E-state index in [1.54, 1.807) is 17.5 Å². The summed E-state index contributed by atoms with van der Waals surface area (Å²) in [6, 6.07) is 0. The van der Waals surface area contributed by atoms with Crippen molar-refractivity contribution in [2.75, 3.05) is 0 Å². The van der Waals surface area contributed by atoms with Crippen LogP contribution in [0.25, 0.3) is 16.9 Å². The van der Waals surface area contributed by atoms with Crippen LogP contribution in [-0.4, -0.2) is 23.1 Å². The van der Waals surface area contributed by atoms with Gasteiger partial charge in [-0.25, -0.2) is 4.79 Å². The number of hydrogen-bond donors (Lipinski definition) is 0. The summed E-state index contributed by atoms with van der Waals surface area (Å²) in [5.41, 5.74) is 1.16. The second-order valence-electron chi connectivity index (χ2n) is 5.11. The molecular weight excluding hydrogens is 270 g/mol. The summed E-state index contributed by atoms with van der Waals surface area (Å²) in [4.78, 5) is 29.4. The summed E-state index contributed by atoms with van der Waals surface area (Å²) in [6.45, 7) is 4.06. The van der Waals surface area contributed by atoms with E-state index in [2.05, 4.69) is 4.98 Å². The number of hydrogen-bond acceptors (Lipinski definition) is 3. The fourth-order valence-corrected chi connectivity index (χ4v) is 2.49. The summed E-state index contributed by atoms with van der Waals surface area (Å²) in [5, 5.41) is 0. The van der Waals surface area contributed by atoms with Gasteiger partial charge in [0.2, 0.25) is 5.78 Å². The van der Waals surface area contributed by atoms with Crippen LogP contribution in [0.3, 0.4) is 0 Å². The van der Waals surface area contributed by atoms with Gasteiger partial charge in [-0.3, -0.25) is 18.3 Å². The Hall–Kier alpha value is -2.57. The molecule has 0 atom stereocenters. The molecule has 21 heavy (non-hydrogen) atoms. The molecule has 0 radical (unpaired) electrons. The van der Waals surface area contributed by atoms with Crippen molar-refractivity contribution in [3.63, 3.8) is 0 Å². The van der Waals surface area contributed by atoms with Crippen LogP contribution < -0.4 is 11.2 Å². The average molecular weight is 287 g/mol. The van der Waals surface area contributed by atoms with Crippen LogP contribution in [0, 0.1) is 6.92 Å². The molecule has 7 heteroatoms. The van der Waals surface area contributed by atoms with Gasteiger partial charge in [0, 0.05) is 32.5 Å². The summed E-state index contributed by atoms with van der Waals surface area (Å²) in [6.07, 6.45) is 5.45. The highest BCUT2D eigenvalue weighted by atomic mass is 16.2. The topological polar surface area (TPSA) is 66.2 Å². The molecular formula is C14H17N5O2. The van der Waals surface area contributed by atoms with Crippen molar-refractivity contribution in [2.24, 2.45) is 14.1 Å². The molecule has 0 aliphatic carbocycles. The number of aryl methyl sites for hydroxylation is 3. The zero-order chi connectivity index (χ0) is 15.3. The maximum Gasteiger partial charge on any atom is 0.332 e. The van der Waals surface area contributed by atoms with E-state index in [4.69, 9.17) is 0 Å². The monoisotopic (exact) mass is 287 g/mol. The molecule has 0 saturated carbocycles. The third-order valence-corrected chi connectivity index (χ3v) is 3.83. The minimum absolute atomic E-state index is 0.261. The van der Waals surface area contributed by atoms with Gasteiger partial charge in [-0.05, 0) is 13.8 Å². The van der Waals surface area contributed by atoms with Crippen molar-refractivity contribution in [2.45, 2.75) is 20.4 Å². The van der Waals surface area contributed by atoms with Crippen molar-refractivity contribution < 1.29 is 0 Å². The van der Waals surface area contributed by atoms with Crippen molar-refractivity contribution >= 4 is 16.9 Å². The Morgan fingerprint density at radius 1 is 1.24 bits per heavy atom. The first-order chi connectivity index (χ1) is 9.97. The van der Waals surface area contributed by atoms with E-state index in [0.717, 1.165) is 5.69 Å². The average Bonchev–Trinajstić information content (AvgIpc) is 2.95. The highest BCUT2D eigenvalue weighted by Crippen LogP contribution is 2.14. The van der Waals surface area contributed by atoms with Crippen molar-refractivity contribution in [3.05, 3.63) is 44.9 Å². The van der Waals surface area contributed by atoms with Crippen LogP contribution in [0.2, 0.25) is 0 Å². The first kappa shape index (κ1) is 13.4. The van der Waals surface area contributed by atoms with Gasteiger partial charge in [-0.1, -0.05) is 12.2 Å². The standard InChI is InChI=1S/C14H17N5O2/c1-5-6-7-18-12(20)10-11(17(4)14(18)21)15-13-16(3)9(2)8-19(10)13/h5-6,8H,7H2,1-4H3/b6-5-. The van der Waals surface area contributed by atoms with E-state index in [1.807, 2.05) is 37.7 Å². The molecule has 0 amide bonds. The van der Waals surface area contributed by atoms with Crippen LogP contribution in [0.15, 0.2) is 27.9 Å². The predicted octanol–water partition coefficient (Wildman–Crippen LogP) is 0.571. The lowest BCUT2D eigenvalue weighted by molar-refractivity contribution is 0.666. The van der Waals surface area contributed by atoms with Gasteiger partial charge in [-0.2, -0.15) is 4.98 Å². The van der Waals surface area contributed by atoms with Crippen LogP contribution in [0.5, 0.6) is 0 Å². The zero-order valence-electron chi connectivity index (χ0n) is 12.5. The first-order valence-corrected chi connectivity index (χ1v) is 6.72. The lowest BCUT2D eigenvalue weighted by atomic mass is 10.4. The van der Waals surface area contributed by atoms with E-state index in [0.29, 0.717) is 16.9 Å². The third-order valence-electron chi connectivity index (χ3n) is 3.83. The van der Waals surface area contributed by atoms with Crippen LogP contribution in [-0.2, 0) is 20.6 Å². The predicted molar refractivity (Wildman–Crippen MR) is 80.7 cm³/mol. The molecule has 3 aromatic rings. The maximum atomic E-state index is 12.6. The fourth-order valence-electron chi connectivity index (χ4n) is 2.49. The van der Waals surface area contributed by atoms with Gasteiger partial charge in [0.25, 0.3) is 5.56 Å². The molecule has 3 aromatic heterocycles. The number of aromatic nitrogens is 5. The summed E-state index contributed by atoms with van der Waals surface area (Å²) in [5.74, 6) is 0.651. The number of fused-ring (bicyclic) bond motifs is 3. The maximum absolute atomic E-state index is 12.6. The van der Waals surface area contributed by atoms with Crippen LogP contribution in [0.4, 0.5) is 0 Å². The Kier molecular flexibility index (Phi) is 2.86. The van der Waals surface area contributed by atoms with Crippen molar-refractivity contribution in [1.29, 1.82) is 0 Å². The number of imidazole rings is 2. The molecule has 0 N–H and O–H groups in total. The Morgan fingerprint density at radius 2 is 1.95 bits per heavy atom. The van der Waals surface area contributed by atoms with Gasteiger partial charge < -0.3 is 4.57 Å². The SMILES string of the molecule is C/C=C\Cn1c(=O)c2c(nc3n(C)c(C)cn23)n(C)c1=O. The largest absolute Gasteiger partial charge is 0.332 e. The third kappa shape index (κ3) is 1.70. The summed E-state index contributed by atoms with van der Waals surface area (Å²) in [7, 11) is 3.52. The summed E-state index contributed by atoms with van der Waals surface area (Å²) >= 11 is 0. The molecule has 3 rings (SSSR count). The highest BCUT2D eigenvalue weighted by Gasteiger charge is 2.18. The minimum Gasteiger partial charge on any atom is -0.317 e. The van der Waals surface area contributed by atoms with Crippen molar-refractivity contribution in [3.8, 4) is 0 Å². The molecule has 0 bridgehead atoms. The molecule has 7 nitrogen and oxygen atoms in total. The van der Waals surface area contributed by atoms with Gasteiger partial charge in [0.1, 0.15) is 0 Å². The molecule has 0 aliphatic rings. The van der Waals surface area contributed by atoms with E-state index in [9.17, 15) is 9.59 Å². The Labute approximate surface area is 120 Å². The quantitative estimate of drug-likeness (QED) is 0.647. The van der Waals surface area contributed by atoms with Gasteiger partial charge in [0.05, 0.1) is 0 Å². The fraction of sp³-hybridized carbons (Fsp3) is 0.357. The molecule has 110 valence electrons. The van der Waals surface area contributed by atoms with E-state index < -0.39 is 0 Å². The second kappa shape index (κ2) is 4.47. The molecule has 0 unspecified atom stereocenters. The number of rotatable bonds is 2. The molecule has 0 aromatic carbocycles. The van der Waals surface area contributed by atoms with Crippen molar-refractivity contribution in [1.82, 2.24) is 23.1 Å². The first-order valence-electron chi connectivity index (χ1n) is 6.72. The summed E-state index contributed by atoms with van der Waals surface area (Å²) < 4.78 is 6.28. The van der Waals surface area contributed by atoms with Gasteiger partial charge in [-0.15, -0.1) is 0 Å². The second-order valence-corrected chi connectivity index (χ2v) is 5.11. The Balaban J connectivity index is 2.53. The minimum atomic E-state index is -0.356. The normalized spacial score (nSPS) is 12.2. The van der Waals surface area contributed by atoms with Gasteiger partial charge in [0.15, 0.2) is 11.2 Å². The highest BCUT2D eigenvalue weighted by molar-refractivity contribution is 5.75. The Bertz CT molecular complexity index is 997. The molecule has 0 saturated heterocycles. The van der Waals surface area contributed by atoms with E-state index in [1.165, 1.54) is 9.13 Å². The molecule has 0 fully saturated rings. The zero-order valence-corrected chi connectivity index (χ0v) is 12.5. The lowest BCUT2D eigenvalue weighted by Gasteiger charge is -2.05. The number of nitrogens with zero attached hydrogens (tertiary/aromatic N) is 5. The Morgan fingerprint density at radius 3 is 2.62 bits per heavy atom. The number of allylic oxidation sites excluding steroid dienone is 2. The van der Waals surface area contributed by atoms with Gasteiger partial charge >= 0.3 is 5.69 Å². The molecule has 0 aliphatic heterocycles. The van der Waals surface area contributed by atoms with Crippen LogP contribution in [0.1, 0.15) is 12.6 Å². The van der Waals surface area contributed by atoms with E-state index in [-0.39, 0.29) is 17.8 Å². The smallest absolute Gasteiger partial charge is 0.317 e.